The average molecular weight is 258 g/mol. The molecule has 2 aliphatic rings. The Kier molecular flexibility index (Phi) is 5.62. The summed E-state index contributed by atoms with van der Waals surface area (Å²) in [4.78, 5) is 2.79. The molecule has 1 saturated heterocycles. The molecule has 2 rings (SSSR count). The van der Waals surface area contributed by atoms with Gasteiger partial charge in [0.25, 0.3) is 0 Å². The van der Waals surface area contributed by atoms with Gasteiger partial charge in [0.1, 0.15) is 0 Å². The number of alkyl halides is 1. The first-order valence-corrected chi connectivity index (χ1v) is 8.14. The van der Waals surface area contributed by atoms with Gasteiger partial charge in [0, 0.05) is 11.9 Å². The van der Waals surface area contributed by atoms with Gasteiger partial charge in [-0.2, -0.15) is 0 Å². The minimum absolute atomic E-state index is 0.803. The van der Waals surface area contributed by atoms with Crippen molar-refractivity contribution in [3.05, 3.63) is 0 Å². The number of rotatable bonds is 6. The summed E-state index contributed by atoms with van der Waals surface area (Å²) in [6.07, 6.45) is 11.4. The van der Waals surface area contributed by atoms with E-state index in [2.05, 4.69) is 11.8 Å². The Morgan fingerprint density at radius 2 is 1.88 bits per heavy atom. The zero-order valence-electron chi connectivity index (χ0n) is 11.3. The van der Waals surface area contributed by atoms with E-state index in [0.29, 0.717) is 0 Å². The van der Waals surface area contributed by atoms with Gasteiger partial charge in [0.2, 0.25) is 0 Å². The van der Waals surface area contributed by atoms with Crippen LogP contribution in [-0.2, 0) is 0 Å². The lowest BCUT2D eigenvalue weighted by Gasteiger charge is -2.30. The smallest absolute Gasteiger partial charge is 0.0225 e. The van der Waals surface area contributed by atoms with E-state index in [1.54, 1.807) is 0 Å². The van der Waals surface area contributed by atoms with Gasteiger partial charge in [-0.25, -0.2) is 0 Å². The van der Waals surface area contributed by atoms with Crippen LogP contribution >= 0.6 is 11.6 Å². The van der Waals surface area contributed by atoms with E-state index in [-0.39, 0.29) is 0 Å². The van der Waals surface area contributed by atoms with Crippen LogP contribution in [0, 0.1) is 11.8 Å². The lowest BCUT2D eigenvalue weighted by molar-refractivity contribution is 0.180. The maximum Gasteiger partial charge on any atom is 0.0225 e. The van der Waals surface area contributed by atoms with E-state index in [4.69, 9.17) is 11.6 Å². The van der Waals surface area contributed by atoms with Gasteiger partial charge in [-0.3, -0.25) is 0 Å². The van der Waals surface area contributed by atoms with Crippen molar-refractivity contribution in [2.24, 2.45) is 11.8 Å². The lowest BCUT2D eigenvalue weighted by Crippen LogP contribution is -2.35. The van der Waals surface area contributed by atoms with Crippen molar-refractivity contribution in [1.29, 1.82) is 0 Å². The molecule has 1 saturated carbocycles. The zero-order valence-corrected chi connectivity index (χ0v) is 12.1. The standard InChI is InChI=1S/C15H28ClN/c1-13(8-10-16)9-12-17-11-4-7-15(17)14-5-2-3-6-14/h13-15H,2-12H2,1H3. The Morgan fingerprint density at radius 3 is 2.59 bits per heavy atom. The fraction of sp³-hybridized carbons (Fsp3) is 1.00. The molecule has 0 spiro atoms. The summed E-state index contributed by atoms with van der Waals surface area (Å²) in [7, 11) is 0. The second kappa shape index (κ2) is 6.99. The van der Waals surface area contributed by atoms with Crippen LogP contribution in [-0.4, -0.2) is 29.9 Å². The summed E-state index contributed by atoms with van der Waals surface area (Å²) in [6, 6.07) is 0.931. The molecule has 0 N–H and O–H groups in total. The molecule has 0 bridgehead atoms. The summed E-state index contributed by atoms with van der Waals surface area (Å²) in [6.45, 7) is 5.02. The molecule has 1 aliphatic carbocycles. The molecule has 2 atom stereocenters. The summed E-state index contributed by atoms with van der Waals surface area (Å²) >= 11 is 5.81. The molecule has 2 unspecified atom stereocenters. The van der Waals surface area contributed by atoms with Crippen molar-refractivity contribution >= 4 is 11.6 Å². The van der Waals surface area contributed by atoms with Gasteiger partial charge < -0.3 is 4.90 Å². The van der Waals surface area contributed by atoms with Crippen molar-refractivity contribution in [2.75, 3.05) is 19.0 Å². The van der Waals surface area contributed by atoms with Gasteiger partial charge in [0.05, 0.1) is 0 Å². The van der Waals surface area contributed by atoms with E-state index >= 15 is 0 Å². The average Bonchev–Trinajstić information content (AvgIpc) is 2.97. The molecule has 2 fully saturated rings. The van der Waals surface area contributed by atoms with E-state index in [1.165, 1.54) is 64.5 Å². The first-order chi connectivity index (χ1) is 8.31. The molecule has 1 nitrogen and oxygen atoms in total. The zero-order chi connectivity index (χ0) is 12.1. The topological polar surface area (TPSA) is 3.24 Å². The number of likely N-dealkylation sites (tertiary alicyclic amines) is 1. The Labute approximate surface area is 112 Å². The van der Waals surface area contributed by atoms with E-state index in [0.717, 1.165) is 23.8 Å². The second-order valence-electron chi connectivity index (χ2n) is 6.16. The third-order valence-electron chi connectivity index (χ3n) is 4.87. The molecule has 1 aliphatic heterocycles. The van der Waals surface area contributed by atoms with Gasteiger partial charge in [-0.15, -0.1) is 11.6 Å². The maximum atomic E-state index is 5.81. The van der Waals surface area contributed by atoms with Crippen LogP contribution in [0.2, 0.25) is 0 Å². The molecule has 2 heteroatoms. The number of halogens is 1. The summed E-state index contributed by atoms with van der Waals surface area (Å²) in [5.41, 5.74) is 0. The van der Waals surface area contributed by atoms with Gasteiger partial charge in [0.15, 0.2) is 0 Å². The number of nitrogens with zero attached hydrogens (tertiary/aromatic N) is 1. The van der Waals surface area contributed by atoms with Gasteiger partial charge >= 0.3 is 0 Å². The van der Waals surface area contributed by atoms with Crippen molar-refractivity contribution in [1.82, 2.24) is 4.90 Å². The monoisotopic (exact) mass is 257 g/mol. The van der Waals surface area contributed by atoms with E-state index in [9.17, 15) is 0 Å². The highest BCUT2D eigenvalue weighted by Gasteiger charge is 2.32. The second-order valence-corrected chi connectivity index (χ2v) is 6.54. The Bertz CT molecular complexity index is 213. The minimum Gasteiger partial charge on any atom is -0.300 e. The Hall–Kier alpha value is 0.250. The number of hydrogen-bond donors (Lipinski definition) is 0. The molecule has 1 heterocycles. The third-order valence-corrected chi connectivity index (χ3v) is 5.09. The highest BCUT2D eigenvalue weighted by Crippen LogP contribution is 2.35. The maximum absolute atomic E-state index is 5.81. The quantitative estimate of drug-likeness (QED) is 0.642. The molecule has 0 radical (unpaired) electrons. The highest BCUT2D eigenvalue weighted by atomic mass is 35.5. The third kappa shape index (κ3) is 3.86. The summed E-state index contributed by atoms with van der Waals surface area (Å²) < 4.78 is 0. The summed E-state index contributed by atoms with van der Waals surface area (Å²) in [5, 5.41) is 0. The summed E-state index contributed by atoms with van der Waals surface area (Å²) in [5.74, 6) is 2.66. The van der Waals surface area contributed by atoms with E-state index < -0.39 is 0 Å². The van der Waals surface area contributed by atoms with Crippen molar-refractivity contribution in [3.63, 3.8) is 0 Å². The largest absolute Gasteiger partial charge is 0.300 e. The molecular formula is C15H28ClN. The Balaban J connectivity index is 1.74. The van der Waals surface area contributed by atoms with Crippen molar-refractivity contribution < 1.29 is 0 Å². The van der Waals surface area contributed by atoms with Crippen LogP contribution in [0.25, 0.3) is 0 Å². The SMILES string of the molecule is CC(CCCl)CCN1CCCC1C1CCCC1. The van der Waals surface area contributed by atoms with Crippen LogP contribution in [0.4, 0.5) is 0 Å². The predicted molar refractivity (Wildman–Crippen MR) is 75.7 cm³/mol. The molecule has 0 aromatic carbocycles. The van der Waals surface area contributed by atoms with Gasteiger partial charge in [-0.05, 0) is 63.5 Å². The Morgan fingerprint density at radius 1 is 1.12 bits per heavy atom. The number of hydrogen-bond acceptors (Lipinski definition) is 1. The fourth-order valence-corrected chi connectivity index (χ4v) is 4.09. The van der Waals surface area contributed by atoms with Crippen molar-refractivity contribution in [3.8, 4) is 0 Å². The minimum atomic E-state index is 0.803. The molecule has 17 heavy (non-hydrogen) atoms. The van der Waals surface area contributed by atoms with Crippen LogP contribution in [0.3, 0.4) is 0 Å². The normalized spacial score (nSPS) is 28.9. The van der Waals surface area contributed by atoms with Crippen LogP contribution < -0.4 is 0 Å². The first-order valence-electron chi connectivity index (χ1n) is 7.61. The molecular weight excluding hydrogens is 230 g/mol. The van der Waals surface area contributed by atoms with Crippen LogP contribution in [0.15, 0.2) is 0 Å². The van der Waals surface area contributed by atoms with Crippen LogP contribution in [0.1, 0.15) is 58.3 Å². The van der Waals surface area contributed by atoms with Gasteiger partial charge in [-0.1, -0.05) is 19.8 Å². The molecule has 0 aromatic heterocycles. The lowest BCUT2D eigenvalue weighted by atomic mass is 9.95. The molecule has 100 valence electrons. The molecule has 0 amide bonds. The predicted octanol–water partition coefficient (Wildman–Crippen LogP) is 4.30. The first kappa shape index (κ1) is 13.7. The highest BCUT2D eigenvalue weighted by molar-refractivity contribution is 6.17. The fourth-order valence-electron chi connectivity index (χ4n) is 3.72. The van der Waals surface area contributed by atoms with Crippen molar-refractivity contribution in [2.45, 2.75) is 64.3 Å². The van der Waals surface area contributed by atoms with E-state index in [1.807, 2.05) is 0 Å². The molecule has 0 aromatic rings. The van der Waals surface area contributed by atoms with Crippen LogP contribution in [0.5, 0.6) is 0 Å².